The summed E-state index contributed by atoms with van der Waals surface area (Å²) in [4.78, 5) is 2.22. The molecule has 0 aliphatic carbocycles. The van der Waals surface area contributed by atoms with E-state index in [1.54, 1.807) is 0 Å². The molecule has 0 aromatic rings. The molecule has 0 fully saturated rings. The van der Waals surface area contributed by atoms with E-state index in [0.29, 0.717) is 0 Å². The van der Waals surface area contributed by atoms with Gasteiger partial charge in [-0.3, -0.25) is 0 Å². The smallest absolute Gasteiger partial charge is 0.0644 e. The fraction of sp³-hybridized carbons (Fsp3) is 1.00. The number of nitrogens with one attached hydrogen (secondary N) is 1. The Bertz CT molecular complexity index is 203. The van der Waals surface area contributed by atoms with Gasteiger partial charge in [0.1, 0.15) is 0 Å². The van der Waals surface area contributed by atoms with Crippen molar-refractivity contribution in [3.63, 3.8) is 0 Å². The van der Waals surface area contributed by atoms with Crippen molar-refractivity contribution in [1.82, 2.24) is 10.2 Å². The Labute approximate surface area is 121 Å². The van der Waals surface area contributed by atoms with Gasteiger partial charge in [-0.15, -0.1) is 0 Å². The zero-order valence-corrected chi connectivity index (χ0v) is 14.1. The molecule has 0 atom stereocenters. The Morgan fingerprint density at radius 2 is 1.68 bits per heavy atom. The van der Waals surface area contributed by atoms with Gasteiger partial charge in [-0.2, -0.15) is 0 Å². The minimum Gasteiger partial charge on any atom is -0.380 e. The summed E-state index contributed by atoms with van der Waals surface area (Å²) in [5, 5.41) is 3.48. The van der Waals surface area contributed by atoms with Crippen molar-refractivity contribution in [2.75, 3.05) is 40.4 Å². The number of unbranched alkanes of at least 4 members (excludes halogenated alkanes) is 3. The number of likely N-dealkylation sites (N-methyl/N-ethyl adjacent to an activating group) is 1. The van der Waals surface area contributed by atoms with E-state index in [4.69, 9.17) is 4.74 Å². The molecule has 19 heavy (non-hydrogen) atoms. The molecule has 0 heterocycles. The van der Waals surface area contributed by atoms with Gasteiger partial charge in [0.05, 0.1) is 6.61 Å². The Kier molecular flexibility index (Phi) is 10.6. The summed E-state index contributed by atoms with van der Waals surface area (Å²) >= 11 is 0. The Hall–Kier alpha value is -0.120. The lowest BCUT2D eigenvalue weighted by molar-refractivity contribution is 0.0345. The van der Waals surface area contributed by atoms with Crippen molar-refractivity contribution >= 4 is 0 Å². The number of rotatable bonds is 12. The lowest BCUT2D eigenvalue weighted by Gasteiger charge is -2.32. The zero-order chi connectivity index (χ0) is 14.7. The number of hydrogen-bond acceptors (Lipinski definition) is 3. The lowest BCUT2D eigenvalue weighted by atomic mass is 10.1. The largest absolute Gasteiger partial charge is 0.380 e. The second kappa shape index (κ2) is 10.6. The monoisotopic (exact) mass is 272 g/mol. The molecule has 0 saturated carbocycles. The molecule has 3 nitrogen and oxygen atoms in total. The average molecular weight is 272 g/mol. The predicted octanol–water partition coefficient (Wildman–Crippen LogP) is 3.15. The van der Waals surface area contributed by atoms with Gasteiger partial charge in [-0.05, 0) is 59.8 Å². The Morgan fingerprint density at radius 1 is 1.05 bits per heavy atom. The van der Waals surface area contributed by atoms with Crippen molar-refractivity contribution in [2.45, 2.75) is 58.9 Å². The van der Waals surface area contributed by atoms with Gasteiger partial charge in [-0.1, -0.05) is 26.7 Å². The molecular formula is C16H36N2O. The summed E-state index contributed by atoms with van der Waals surface area (Å²) in [6.07, 6.45) is 5.07. The van der Waals surface area contributed by atoms with Crippen molar-refractivity contribution in [1.29, 1.82) is 0 Å². The van der Waals surface area contributed by atoms with Gasteiger partial charge in [0.25, 0.3) is 0 Å². The summed E-state index contributed by atoms with van der Waals surface area (Å²) in [5.41, 5.74) is 0.140. The predicted molar refractivity (Wildman–Crippen MR) is 84.8 cm³/mol. The molecule has 0 unspecified atom stereocenters. The zero-order valence-electron chi connectivity index (χ0n) is 14.1. The summed E-state index contributed by atoms with van der Waals surface area (Å²) in [7, 11) is 4.21. The van der Waals surface area contributed by atoms with Gasteiger partial charge in [-0.25, -0.2) is 0 Å². The summed E-state index contributed by atoms with van der Waals surface area (Å²) < 4.78 is 5.76. The summed E-state index contributed by atoms with van der Waals surface area (Å²) in [6, 6.07) is 0. The van der Waals surface area contributed by atoms with Crippen molar-refractivity contribution in [2.24, 2.45) is 5.92 Å². The van der Waals surface area contributed by atoms with Crippen LogP contribution in [0.4, 0.5) is 0 Å². The highest BCUT2D eigenvalue weighted by atomic mass is 16.5. The maximum absolute atomic E-state index is 5.76. The molecule has 0 aromatic heterocycles. The highest BCUT2D eigenvalue weighted by Gasteiger charge is 2.19. The normalized spacial score (nSPS) is 12.6. The standard InChI is InChI=1S/C16H36N2O/c1-15(2)13-17-11-9-7-8-10-12-19-14-16(3,4)18(5)6/h15,17H,7-14H2,1-6H3. The molecule has 1 N–H and O–H groups in total. The van der Waals surface area contributed by atoms with E-state index in [2.05, 4.69) is 52.0 Å². The third-order valence-electron chi connectivity index (χ3n) is 3.61. The van der Waals surface area contributed by atoms with E-state index in [-0.39, 0.29) is 5.54 Å². The van der Waals surface area contributed by atoms with E-state index in [0.717, 1.165) is 32.2 Å². The topological polar surface area (TPSA) is 24.5 Å². The lowest BCUT2D eigenvalue weighted by Crippen LogP contribution is -2.42. The molecule has 0 amide bonds. The first-order valence-electron chi connectivity index (χ1n) is 7.82. The molecule has 3 heteroatoms. The number of nitrogens with zero attached hydrogens (tertiary/aromatic N) is 1. The van der Waals surface area contributed by atoms with Crippen LogP contribution in [0.3, 0.4) is 0 Å². The first-order chi connectivity index (χ1) is 8.86. The first-order valence-corrected chi connectivity index (χ1v) is 7.82. The Balaban J connectivity index is 3.24. The van der Waals surface area contributed by atoms with E-state index in [1.165, 1.54) is 25.7 Å². The van der Waals surface area contributed by atoms with Gasteiger partial charge in [0.2, 0.25) is 0 Å². The fourth-order valence-electron chi connectivity index (χ4n) is 1.65. The molecule has 0 radical (unpaired) electrons. The molecule has 0 bridgehead atoms. The molecule has 0 aromatic carbocycles. The van der Waals surface area contributed by atoms with Crippen LogP contribution in [-0.4, -0.2) is 50.8 Å². The van der Waals surface area contributed by atoms with E-state index < -0.39 is 0 Å². The SMILES string of the molecule is CC(C)CNCCCCCCOCC(C)(C)N(C)C. The van der Waals surface area contributed by atoms with E-state index in [1.807, 2.05) is 0 Å². The molecule has 0 saturated heterocycles. The highest BCUT2D eigenvalue weighted by Crippen LogP contribution is 2.10. The van der Waals surface area contributed by atoms with Gasteiger partial charge in [0.15, 0.2) is 0 Å². The molecule has 116 valence electrons. The second-order valence-electron chi connectivity index (χ2n) is 6.77. The molecule has 0 aliphatic rings. The fourth-order valence-corrected chi connectivity index (χ4v) is 1.65. The van der Waals surface area contributed by atoms with Crippen molar-refractivity contribution < 1.29 is 4.74 Å². The van der Waals surface area contributed by atoms with Crippen LogP contribution in [0.2, 0.25) is 0 Å². The highest BCUT2D eigenvalue weighted by molar-refractivity contribution is 4.75. The molecule has 0 spiro atoms. The first kappa shape index (κ1) is 18.9. The van der Waals surface area contributed by atoms with Crippen LogP contribution in [0.15, 0.2) is 0 Å². The number of ether oxygens (including phenoxy) is 1. The van der Waals surface area contributed by atoms with Crippen LogP contribution < -0.4 is 5.32 Å². The van der Waals surface area contributed by atoms with Gasteiger partial charge >= 0.3 is 0 Å². The van der Waals surface area contributed by atoms with Crippen LogP contribution in [0.25, 0.3) is 0 Å². The van der Waals surface area contributed by atoms with Crippen LogP contribution >= 0.6 is 0 Å². The average Bonchev–Trinajstić information content (AvgIpc) is 2.30. The molecular weight excluding hydrogens is 236 g/mol. The van der Waals surface area contributed by atoms with Gasteiger partial charge in [0, 0.05) is 12.1 Å². The maximum atomic E-state index is 5.76. The van der Waals surface area contributed by atoms with Crippen LogP contribution in [0.5, 0.6) is 0 Å². The minimum absolute atomic E-state index is 0.140. The summed E-state index contributed by atoms with van der Waals surface area (Å²) in [6.45, 7) is 12.9. The Morgan fingerprint density at radius 3 is 2.26 bits per heavy atom. The van der Waals surface area contributed by atoms with Crippen molar-refractivity contribution in [3.05, 3.63) is 0 Å². The third kappa shape index (κ3) is 11.4. The second-order valence-corrected chi connectivity index (χ2v) is 6.77. The van der Waals surface area contributed by atoms with Crippen LogP contribution in [-0.2, 0) is 4.74 Å². The maximum Gasteiger partial charge on any atom is 0.0644 e. The van der Waals surface area contributed by atoms with E-state index in [9.17, 15) is 0 Å². The van der Waals surface area contributed by atoms with Gasteiger partial charge < -0.3 is 15.0 Å². The van der Waals surface area contributed by atoms with Crippen LogP contribution in [0.1, 0.15) is 53.4 Å². The number of hydrogen-bond donors (Lipinski definition) is 1. The summed E-state index contributed by atoms with van der Waals surface area (Å²) in [5.74, 6) is 0.758. The minimum atomic E-state index is 0.140. The quantitative estimate of drug-likeness (QED) is 0.552. The molecule has 0 rings (SSSR count). The third-order valence-corrected chi connectivity index (χ3v) is 3.61. The molecule has 0 aliphatic heterocycles. The van der Waals surface area contributed by atoms with E-state index >= 15 is 0 Å². The van der Waals surface area contributed by atoms with Crippen LogP contribution in [0, 0.1) is 5.92 Å². The van der Waals surface area contributed by atoms with Crippen molar-refractivity contribution in [3.8, 4) is 0 Å².